The molecule has 0 fully saturated rings. The summed E-state index contributed by atoms with van der Waals surface area (Å²) in [4.78, 5) is 0. The first-order chi connectivity index (χ1) is 11.1. The highest BCUT2D eigenvalue weighted by Crippen LogP contribution is 2.20. The lowest BCUT2D eigenvalue weighted by Gasteiger charge is -2.12. The average molecular weight is 349 g/mol. The minimum atomic E-state index is 0.602. The van der Waals surface area contributed by atoms with Gasteiger partial charge in [-0.1, -0.05) is 35.9 Å². The van der Waals surface area contributed by atoms with E-state index in [0.717, 1.165) is 41.4 Å². The van der Waals surface area contributed by atoms with Crippen LogP contribution in [0.3, 0.4) is 0 Å². The Kier molecular flexibility index (Phi) is 6.68. The Hall–Kier alpha value is -1.78. The van der Waals surface area contributed by atoms with Gasteiger partial charge in [-0.25, -0.2) is 0 Å². The molecule has 0 aromatic heterocycles. The largest absolute Gasteiger partial charge is 0.496 e. The van der Waals surface area contributed by atoms with Crippen molar-refractivity contribution in [3.05, 3.63) is 58.6 Å². The number of aryl methyl sites for hydroxylation is 2. The normalized spacial score (nSPS) is 10.2. The first-order valence-electron chi connectivity index (χ1n) is 7.53. The molecular formula is C18H21ClN2OS. The molecule has 2 aromatic rings. The van der Waals surface area contributed by atoms with E-state index in [-0.39, 0.29) is 0 Å². The predicted octanol–water partition coefficient (Wildman–Crippen LogP) is 4.58. The van der Waals surface area contributed by atoms with E-state index in [4.69, 9.17) is 28.6 Å². The summed E-state index contributed by atoms with van der Waals surface area (Å²) in [6.45, 7) is 2.77. The van der Waals surface area contributed by atoms with Gasteiger partial charge >= 0.3 is 0 Å². The number of methoxy groups -OCH3 is 1. The molecule has 0 radical (unpaired) electrons. The van der Waals surface area contributed by atoms with Crippen LogP contribution in [-0.4, -0.2) is 18.8 Å². The lowest BCUT2D eigenvalue weighted by molar-refractivity contribution is 0.409. The number of rotatable bonds is 6. The fraction of sp³-hybridized carbons (Fsp3) is 0.278. The maximum atomic E-state index is 6.10. The Morgan fingerprint density at radius 3 is 2.74 bits per heavy atom. The van der Waals surface area contributed by atoms with Gasteiger partial charge < -0.3 is 15.4 Å². The number of thiocarbonyl (C=S) groups is 1. The van der Waals surface area contributed by atoms with Crippen molar-refractivity contribution < 1.29 is 4.74 Å². The molecule has 2 rings (SSSR count). The van der Waals surface area contributed by atoms with Crippen molar-refractivity contribution >= 4 is 34.6 Å². The molecule has 0 atom stereocenters. The van der Waals surface area contributed by atoms with Crippen molar-refractivity contribution in [3.63, 3.8) is 0 Å². The van der Waals surface area contributed by atoms with E-state index in [0.29, 0.717) is 5.11 Å². The van der Waals surface area contributed by atoms with E-state index in [1.54, 1.807) is 7.11 Å². The number of hydrogen-bond acceptors (Lipinski definition) is 2. The highest BCUT2D eigenvalue weighted by atomic mass is 35.5. The predicted molar refractivity (Wildman–Crippen MR) is 102 cm³/mol. The number of halogens is 1. The Bertz CT molecular complexity index is 676. The molecule has 23 heavy (non-hydrogen) atoms. The van der Waals surface area contributed by atoms with E-state index < -0.39 is 0 Å². The number of nitrogens with one attached hydrogen (secondary N) is 2. The van der Waals surface area contributed by atoms with Crippen molar-refractivity contribution in [2.24, 2.45) is 0 Å². The first kappa shape index (κ1) is 17.6. The molecule has 0 aliphatic rings. The number of hydrogen-bond donors (Lipinski definition) is 2. The molecule has 2 N–H and O–H groups in total. The third-order valence-corrected chi connectivity index (χ3v) is 4.18. The zero-order chi connectivity index (χ0) is 16.7. The number of ether oxygens (including phenoxy) is 1. The smallest absolute Gasteiger partial charge is 0.170 e. The molecule has 0 heterocycles. The second-order valence-electron chi connectivity index (χ2n) is 5.26. The fourth-order valence-electron chi connectivity index (χ4n) is 2.24. The summed E-state index contributed by atoms with van der Waals surface area (Å²) in [6, 6.07) is 13.9. The van der Waals surface area contributed by atoms with Gasteiger partial charge in [0.25, 0.3) is 0 Å². The summed E-state index contributed by atoms with van der Waals surface area (Å²) >= 11 is 11.4. The van der Waals surface area contributed by atoms with Crippen molar-refractivity contribution in [2.75, 3.05) is 19.0 Å². The van der Waals surface area contributed by atoms with Gasteiger partial charge in [0.05, 0.1) is 7.11 Å². The molecule has 0 bridgehead atoms. The van der Waals surface area contributed by atoms with Gasteiger partial charge in [-0.3, -0.25) is 0 Å². The SMILES string of the molecule is COc1ccccc1CCCNC(=S)Nc1ccc(C)c(Cl)c1. The van der Waals surface area contributed by atoms with Crippen LogP contribution in [0.1, 0.15) is 17.5 Å². The van der Waals surface area contributed by atoms with Crippen LogP contribution in [0.15, 0.2) is 42.5 Å². The molecule has 0 saturated carbocycles. The van der Waals surface area contributed by atoms with E-state index in [2.05, 4.69) is 16.7 Å². The maximum Gasteiger partial charge on any atom is 0.170 e. The second kappa shape index (κ2) is 8.75. The summed E-state index contributed by atoms with van der Waals surface area (Å²) in [6.07, 6.45) is 1.91. The molecular weight excluding hydrogens is 328 g/mol. The monoisotopic (exact) mass is 348 g/mol. The second-order valence-corrected chi connectivity index (χ2v) is 6.08. The molecule has 122 valence electrons. The van der Waals surface area contributed by atoms with Crippen LogP contribution in [0.25, 0.3) is 0 Å². The van der Waals surface area contributed by atoms with Gasteiger partial charge in [-0.15, -0.1) is 0 Å². The molecule has 0 aliphatic heterocycles. The topological polar surface area (TPSA) is 33.3 Å². The number of anilines is 1. The quantitative estimate of drug-likeness (QED) is 0.591. The minimum Gasteiger partial charge on any atom is -0.496 e. The van der Waals surface area contributed by atoms with E-state index in [1.165, 1.54) is 5.56 Å². The lowest BCUT2D eigenvalue weighted by Crippen LogP contribution is -2.29. The van der Waals surface area contributed by atoms with Crippen LogP contribution in [0.5, 0.6) is 5.75 Å². The van der Waals surface area contributed by atoms with Gasteiger partial charge in [0.1, 0.15) is 5.75 Å². The van der Waals surface area contributed by atoms with Gasteiger partial charge in [0, 0.05) is 17.3 Å². The van der Waals surface area contributed by atoms with Crippen LogP contribution in [0.2, 0.25) is 5.02 Å². The number of para-hydroxylation sites is 1. The summed E-state index contributed by atoms with van der Waals surface area (Å²) in [7, 11) is 1.70. The van der Waals surface area contributed by atoms with Gasteiger partial charge in [-0.2, -0.15) is 0 Å². The molecule has 0 aliphatic carbocycles. The molecule has 0 amide bonds. The van der Waals surface area contributed by atoms with Crippen LogP contribution in [0, 0.1) is 6.92 Å². The van der Waals surface area contributed by atoms with E-state index in [9.17, 15) is 0 Å². The fourth-order valence-corrected chi connectivity index (χ4v) is 2.64. The Morgan fingerprint density at radius 2 is 2.00 bits per heavy atom. The molecule has 3 nitrogen and oxygen atoms in total. The van der Waals surface area contributed by atoms with Crippen molar-refractivity contribution in [2.45, 2.75) is 19.8 Å². The van der Waals surface area contributed by atoms with Crippen LogP contribution in [0.4, 0.5) is 5.69 Å². The molecule has 5 heteroatoms. The Morgan fingerprint density at radius 1 is 1.22 bits per heavy atom. The minimum absolute atomic E-state index is 0.602. The van der Waals surface area contributed by atoms with Crippen LogP contribution >= 0.6 is 23.8 Å². The molecule has 0 spiro atoms. The molecule has 0 unspecified atom stereocenters. The maximum absolute atomic E-state index is 6.10. The summed E-state index contributed by atoms with van der Waals surface area (Å²) in [5.74, 6) is 0.933. The lowest BCUT2D eigenvalue weighted by atomic mass is 10.1. The van der Waals surface area contributed by atoms with Crippen LogP contribution < -0.4 is 15.4 Å². The Labute approximate surface area is 148 Å². The summed E-state index contributed by atoms with van der Waals surface area (Å²) in [5.41, 5.74) is 3.15. The summed E-state index contributed by atoms with van der Waals surface area (Å²) < 4.78 is 5.35. The van der Waals surface area contributed by atoms with Gasteiger partial charge in [0.15, 0.2) is 5.11 Å². The third-order valence-electron chi connectivity index (χ3n) is 3.53. The van der Waals surface area contributed by atoms with Gasteiger partial charge in [-0.05, 0) is 61.3 Å². The molecule has 2 aromatic carbocycles. The standard InChI is InChI=1S/C18H21ClN2OS/c1-13-9-10-15(12-16(13)19)21-18(23)20-11-5-7-14-6-3-4-8-17(14)22-2/h3-4,6,8-10,12H,5,7,11H2,1-2H3,(H2,20,21,23). The van der Waals surface area contributed by atoms with Crippen molar-refractivity contribution in [1.29, 1.82) is 0 Å². The number of benzene rings is 2. The van der Waals surface area contributed by atoms with E-state index >= 15 is 0 Å². The van der Waals surface area contributed by atoms with E-state index in [1.807, 2.05) is 43.3 Å². The Balaban J connectivity index is 1.75. The summed E-state index contributed by atoms with van der Waals surface area (Å²) in [5, 5.41) is 7.68. The molecule has 0 saturated heterocycles. The highest BCUT2D eigenvalue weighted by molar-refractivity contribution is 7.80. The first-order valence-corrected chi connectivity index (χ1v) is 8.31. The van der Waals surface area contributed by atoms with Gasteiger partial charge in [0.2, 0.25) is 0 Å². The highest BCUT2D eigenvalue weighted by Gasteiger charge is 2.03. The average Bonchev–Trinajstić information content (AvgIpc) is 2.55. The van der Waals surface area contributed by atoms with Crippen LogP contribution in [-0.2, 0) is 6.42 Å². The zero-order valence-corrected chi connectivity index (χ0v) is 14.9. The third kappa shape index (κ3) is 5.41. The van der Waals surface area contributed by atoms with Crippen molar-refractivity contribution in [3.8, 4) is 5.75 Å². The zero-order valence-electron chi connectivity index (χ0n) is 13.4. The van der Waals surface area contributed by atoms with Crippen molar-refractivity contribution in [1.82, 2.24) is 5.32 Å².